The van der Waals surface area contributed by atoms with Crippen LogP contribution in [0.25, 0.3) is 0 Å². The highest BCUT2D eigenvalue weighted by Gasteiger charge is 2.23. The number of para-hydroxylation sites is 1. The molecule has 0 spiro atoms. The van der Waals surface area contributed by atoms with Crippen LogP contribution in [-0.4, -0.2) is 26.9 Å². The summed E-state index contributed by atoms with van der Waals surface area (Å²) in [6.07, 6.45) is 7.06. The number of nitrogens with one attached hydrogen (secondary N) is 1. The highest BCUT2D eigenvalue weighted by molar-refractivity contribution is 7.91. The van der Waals surface area contributed by atoms with Crippen LogP contribution in [0.5, 0.6) is 5.75 Å². The van der Waals surface area contributed by atoms with Gasteiger partial charge in [0, 0.05) is 19.5 Å². The number of nitrogens with zero attached hydrogens (tertiary/aromatic N) is 1. The second kappa shape index (κ2) is 9.34. The number of amides is 1. The molecule has 0 radical (unpaired) electrons. The van der Waals surface area contributed by atoms with Crippen LogP contribution in [0.4, 0.5) is 5.69 Å². The molecule has 1 fully saturated rings. The van der Waals surface area contributed by atoms with Crippen LogP contribution < -0.4 is 10.1 Å². The van der Waals surface area contributed by atoms with Crippen molar-refractivity contribution in [3.63, 3.8) is 0 Å². The molecular formula is C22H24N2O4S. The van der Waals surface area contributed by atoms with Crippen LogP contribution in [0, 0.1) is 0 Å². The molecule has 0 unspecified atom stereocenters. The number of hydrogen-bond donors (Lipinski definition) is 1. The van der Waals surface area contributed by atoms with Gasteiger partial charge < -0.3 is 10.1 Å². The predicted octanol–water partition coefficient (Wildman–Crippen LogP) is 4.30. The molecule has 1 amide bonds. The zero-order chi connectivity index (χ0) is 20.7. The minimum absolute atomic E-state index is 0. The van der Waals surface area contributed by atoms with E-state index in [1.807, 2.05) is 18.5 Å². The highest BCUT2D eigenvalue weighted by Crippen LogP contribution is 2.39. The van der Waals surface area contributed by atoms with Crippen LogP contribution >= 0.6 is 0 Å². The molecule has 152 valence electrons. The third-order valence-corrected chi connectivity index (χ3v) is 6.29. The van der Waals surface area contributed by atoms with E-state index in [1.54, 1.807) is 18.2 Å². The standard InChI is InChI=1S/C14H13NO4S.C8H9N.H2/c1-19-13-4-2-3-5-14(13)20(17,18)12-8-6-11(7-9-12)15-10-16;1-2-8(6-9-5-1)7-3-4-7;/h2-10H,1H3,(H,15,16);1-2,5-7H,3-4H2;1H. The molecule has 0 atom stereocenters. The molecule has 1 heterocycles. The van der Waals surface area contributed by atoms with Crippen LogP contribution in [0.3, 0.4) is 0 Å². The number of anilines is 1. The number of aromatic nitrogens is 1. The lowest BCUT2D eigenvalue weighted by atomic mass is 10.2. The molecule has 7 heteroatoms. The van der Waals surface area contributed by atoms with E-state index >= 15 is 0 Å². The summed E-state index contributed by atoms with van der Waals surface area (Å²) >= 11 is 0. The second-order valence-electron chi connectivity index (χ2n) is 6.50. The zero-order valence-electron chi connectivity index (χ0n) is 16.0. The zero-order valence-corrected chi connectivity index (χ0v) is 16.8. The Kier molecular flexibility index (Phi) is 6.61. The summed E-state index contributed by atoms with van der Waals surface area (Å²) in [6, 6.07) is 16.5. The Bertz CT molecular complexity index is 1050. The molecule has 1 aromatic heterocycles. The number of ether oxygens (including phenoxy) is 1. The summed E-state index contributed by atoms with van der Waals surface area (Å²) in [6.45, 7) is 0. The fourth-order valence-corrected chi connectivity index (χ4v) is 4.22. The van der Waals surface area contributed by atoms with Gasteiger partial charge in [-0.05, 0) is 66.8 Å². The van der Waals surface area contributed by atoms with Gasteiger partial charge in [-0.15, -0.1) is 0 Å². The molecule has 0 bridgehead atoms. The fourth-order valence-electron chi connectivity index (χ4n) is 2.80. The number of carbonyl (C=O) groups excluding carboxylic acids is 1. The minimum atomic E-state index is -3.65. The summed E-state index contributed by atoms with van der Waals surface area (Å²) in [5.41, 5.74) is 1.94. The van der Waals surface area contributed by atoms with Gasteiger partial charge >= 0.3 is 0 Å². The van der Waals surface area contributed by atoms with E-state index in [0.29, 0.717) is 17.8 Å². The monoisotopic (exact) mass is 412 g/mol. The van der Waals surface area contributed by atoms with E-state index in [4.69, 9.17) is 4.74 Å². The maximum Gasteiger partial charge on any atom is 0.211 e. The third kappa shape index (κ3) is 5.20. The summed E-state index contributed by atoms with van der Waals surface area (Å²) in [5.74, 6) is 1.14. The van der Waals surface area contributed by atoms with E-state index in [-0.39, 0.29) is 11.2 Å². The topological polar surface area (TPSA) is 85.4 Å². The van der Waals surface area contributed by atoms with Gasteiger partial charge in [-0.3, -0.25) is 9.78 Å². The molecule has 3 aromatic rings. The quantitative estimate of drug-likeness (QED) is 0.610. The van der Waals surface area contributed by atoms with Gasteiger partial charge in [0.2, 0.25) is 16.2 Å². The summed E-state index contributed by atoms with van der Waals surface area (Å²) in [7, 11) is -2.23. The minimum Gasteiger partial charge on any atom is -0.495 e. The van der Waals surface area contributed by atoms with Crippen LogP contribution in [0.2, 0.25) is 0 Å². The molecule has 4 rings (SSSR count). The van der Waals surface area contributed by atoms with Crippen molar-refractivity contribution in [3.8, 4) is 5.75 Å². The van der Waals surface area contributed by atoms with Crippen molar-refractivity contribution in [2.75, 3.05) is 12.4 Å². The van der Waals surface area contributed by atoms with Crippen molar-refractivity contribution >= 4 is 21.9 Å². The molecule has 0 saturated heterocycles. The van der Waals surface area contributed by atoms with Gasteiger partial charge in [-0.1, -0.05) is 18.2 Å². The van der Waals surface area contributed by atoms with Gasteiger partial charge in [0.05, 0.1) is 12.0 Å². The lowest BCUT2D eigenvalue weighted by molar-refractivity contribution is -0.105. The van der Waals surface area contributed by atoms with Crippen molar-refractivity contribution in [1.29, 1.82) is 0 Å². The number of carbonyl (C=O) groups is 1. The van der Waals surface area contributed by atoms with Gasteiger partial charge in [-0.2, -0.15) is 0 Å². The van der Waals surface area contributed by atoms with E-state index in [2.05, 4.69) is 16.4 Å². The maximum atomic E-state index is 12.5. The average molecular weight is 413 g/mol. The Hall–Kier alpha value is -3.19. The van der Waals surface area contributed by atoms with E-state index < -0.39 is 9.84 Å². The lowest BCUT2D eigenvalue weighted by Gasteiger charge is -2.09. The number of hydrogen-bond acceptors (Lipinski definition) is 5. The largest absolute Gasteiger partial charge is 0.495 e. The SMILES string of the molecule is COc1ccccc1S(=O)(=O)c1ccc(NC=O)cc1.[HH].c1cncc(C2CC2)c1. The maximum absolute atomic E-state index is 12.5. The molecule has 1 aliphatic carbocycles. The third-order valence-electron chi connectivity index (χ3n) is 4.48. The van der Waals surface area contributed by atoms with Gasteiger partial charge in [0.25, 0.3) is 0 Å². The van der Waals surface area contributed by atoms with Crippen molar-refractivity contribution in [3.05, 3.63) is 78.6 Å². The number of sulfone groups is 1. The first kappa shape index (κ1) is 20.5. The molecule has 1 aliphatic rings. The molecular weight excluding hydrogens is 388 g/mol. The molecule has 1 N–H and O–H groups in total. The number of pyridine rings is 1. The lowest BCUT2D eigenvalue weighted by Crippen LogP contribution is -2.04. The Morgan fingerprint density at radius 3 is 2.38 bits per heavy atom. The molecule has 29 heavy (non-hydrogen) atoms. The Labute approximate surface area is 172 Å². The Balaban J connectivity index is 0.000000266. The Morgan fingerprint density at radius 2 is 1.79 bits per heavy atom. The molecule has 6 nitrogen and oxygen atoms in total. The Morgan fingerprint density at radius 1 is 1.07 bits per heavy atom. The van der Waals surface area contributed by atoms with Crippen molar-refractivity contribution in [2.45, 2.75) is 28.6 Å². The number of rotatable bonds is 6. The molecule has 0 aliphatic heterocycles. The number of benzene rings is 2. The summed E-state index contributed by atoms with van der Waals surface area (Å²) < 4.78 is 30.1. The first-order valence-corrected chi connectivity index (χ1v) is 10.6. The van der Waals surface area contributed by atoms with Crippen LogP contribution in [0.15, 0.2) is 82.8 Å². The number of methoxy groups -OCH3 is 1. The first-order valence-electron chi connectivity index (χ1n) is 9.14. The van der Waals surface area contributed by atoms with Crippen molar-refractivity contribution in [1.82, 2.24) is 4.98 Å². The van der Waals surface area contributed by atoms with Gasteiger partial charge in [-0.25, -0.2) is 8.42 Å². The summed E-state index contributed by atoms with van der Waals surface area (Å²) in [4.78, 5) is 14.6. The highest BCUT2D eigenvalue weighted by atomic mass is 32.2. The van der Waals surface area contributed by atoms with Gasteiger partial charge in [0.15, 0.2) is 0 Å². The smallest absolute Gasteiger partial charge is 0.211 e. The normalized spacial score (nSPS) is 13.0. The molecule has 2 aromatic carbocycles. The fraction of sp³-hybridized carbons (Fsp3) is 0.182. The average Bonchev–Trinajstić information content (AvgIpc) is 3.61. The predicted molar refractivity (Wildman–Crippen MR) is 113 cm³/mol. The van der Waals surface area contributed by atoms with Crippen LogP contribution in [-0.2, 0) is 14.6 Å². The van der Waals surface area contributed by atoms with Gasteiger partial charge in [0.1, 0.15) is 10.6 Å². The van der Waals surface area contributed by atoms with E-state index in [9.17, 15) is 13.2 Å². The first-order chi connectivity index (χ1) is 14.1. The van der Waals surface area contributed by atoms with E-state index in [0.717, 1.165) is 5.92 Å². The molecule has 1 saturated carbocycles. The summed E-state index contributed by atoms with van der Waals surface area (Å²) in [5, 5.41) is 2.45. The second-order valence-corrected chi connectivity index (χ2v) is 8.42. The van der Waals surface area contributed by atoms with E-state index in [1.165, 1.54) is 55.8 Å². The van der Waals surface area contributed by atoms with Crippen molar-refractivity contribution < 1.29 is 19.4 Å². The van der Waals surface area contributed by atoms with Crippen molar-refractivity contribution in [2.24, 2.45) is 0 Å². The van der Waals surface area contributed by atoms with Crippen LogP contribution in [0.1, 0.15) is 25.7 Å².